The minimum absolute atomic E-state index is 0.0459. The average molecular weight is 431 g/mol. The average Bonchev–Trinajstić information content (AvgIpc) is 3.37. The van der Waals surface area contributed by atoms with E-state index in [2.05, 4.69) is 36.4 Å². The Kier molecular flexibility index (Phi) is 4.59. The lowest BCUT2D eigenvalue weighted by Gasteiger charge is -2.18. The molecule has 1 aromatic carbocycles. The molecular formula is C19H19BrN4O3. The molecule has 0 saturated heterocycles. The largest absolute Gasteiger partial charge is 0.350 e. The smallest absolute Gasteiger partial charge is 0.268 e. The van der Waals surface area contributed by atoms with Gasteiger partial charge in [-0.25, -0.2) is 0 Å². The second-order valence-corrected chi connectivity index (χ2v) is 8.11. The van der Waals surface area contributed by atoms with Gasteiger partial charge in [-0.2, -0.15) is 4.98 Å². The third kappa shape index (κ3) is 3.66. The summed E-state index contributed by atoms with van der Waals surface area (Å²) in [5.41, 5.74) is 0.582. The second-order valence-electron chi connectivity index (χ2n) is 7.20. The molecule has 0 unspecified atom stereocenters. The Balaban J connectivity index is 1.61. The van der Waals surface area contributed by atoms with Gasteiger partial charge in [0, 0.05) is 27.4 Å². The number of hydrogen-bond donors (Lipinski definition) is 2. The number of nitrogens with zero attached hydrogens (tertiary/aromatic N) is 2. The molecule has 1 amide bonds. The number of benzene rings is 1. The van der Waals surface area contributed by atoms with Gasteiger partial charge in [0.15, 0.2) is 11.3 Å². The zero-order valence-electron chi connectivity index (χ0n) is 15.0. The number of hydrogen-bond acceptors (Lipinski definition) is 5. The number of halogens is 1. The molecule has 140 valence electrons. The Morgan fingerprint density at radius 2 is 2.11 bits per heavy atom. The van der Waals surface area contributed by atoms with E-state index in [1.165, 1.54) is 6.07 Å². The Morgan fingerprint density at radius 3 is 2.81 bits per heavy atom. The number of aromatic nitrogens is 3. The topological polar surface area (TPSA) is 101 Å². The van der Waals surface area contributed by atoms with Crippen LogP contribution in [0.2, 0.25) is 0 Å². The number of pyridine rings is 1. The fourth-order valence-corrected chi connectivity index (χ4v) is 3.32. The highest BCUT2D eigenvalue weighted by Crippen LogP contribution is 2.38. The van der Waals surface area contributed by atoms with Gasteiger partial charge < -0.3 is 14.8 Å². The maximum atomic E-state index is 12.8. The molecule has 2 heterocycles. The molecule has 0 bridgehead atoms. The molecule has 2 aromatic heterocycles. The SMILES string of the molecule is CC(C)[C@H](NC(=O)c1cc(=O)c2cc(Br)ccc2[nH]1)c1nc(C2CC2)no1. The number of nitrogens with one attached hydrogen (secondary N) is 2. The first-order chi connectivity index (χ1) is 12.9. The number of rotatable bonds is 5. The van der Waals surface area contributed by atoms with Crippen molar-refractivity contribution in [3.05, 3.63) is 56.4 Å². The third-order valence-electron chi connectivity index (χ3n) is 4.66. The normalized spacial score (nSPS) is 15.3. The van der Waals surface area contributed by atoms with E-state index in [1.54, 1.807) is 12.1 Å². The van der Waals surface area contributed by atoms with E-state index in [0.717, 1.165) is 17.3 Å². The Bertz CT molecular complexity index is 1070. The van der Waals surface area contributed by atoms with Gasteiger partial charge in [-0.05, 0) is 37.0 Å². The molecule has 0 aliphatic heterocycles. The van der Waals surface area contributed by atoms with Crippen molar-refractivity contribution >= 4 is 32.7 Å². The Labute approximate surface area is 163 Å². The minimum atomic E-state index is -0.429. The summed E-state index contributed by atoms with van der Waals surface area (Å²) in [6.07, 6.45) is 2.15. The molecule has 0 spiro atoms. The predicted molar refractivity (Wildman–Crippen MR) is 104 cm³/mol. The molecule has 2 N–H and O–H groups in total. The highest BCUT2D eigenvalue weighted by atomic mass is 79.9. The van der Waals surface area contributed by atoms with E-state index < -0.39 is 6.04 Å². The van der Waals surface area contributed by atoms with Crippen molar-refractivity contribution in [3.8, 4) is 0 Å². The summed E-state index contributed by atoms with van der Waals surface area (Å²) >= 11 is 3.35. The molecule has 3 aromatic rings. The molecule has 1 fully saturated rings. The van der Waals surface area contributed by atoms with E-state index in [0.29, 0.717) is 28.5 Å². The molecule has 1 aliphatic carbocycles. The zero-order chi connectivity index (χ0) is 19.1. The van der Waals surface area contributed by atoms with Crippen LogP contribution in [0.25, 0.3) is 10.9 Å². The third-order valence-corrected chi connectivity index (χ3v) is 5.15. The first-order valence-corrected chi connectivity index (χ1v) is 9.68. The van der Waals surface area contributed by atoms with Crippen LogP contribution < -0.4 is 10.7 Å². The Hall–Kier alpha value is -2.48. The molecule has 0 radical (unpaired) electrons. The number of carbonyl (C=O) groups is 1. The van der Waals surface area contributed by atoms with Crippen molar-refractivity contribution in [2.24, 2.45) is 5.92 Å². The lowest BCUT2D eigenvalue weighted by atomic mass is 10.0. The molecule has 27 heavy (non-hydrogen) atoms. The van der Waals surface area contributed by atoms with Gasteiger partial charge in [-0.3, -0.25) is 9.59 Å². The van der Waals surface area contributed by atoms with E-state index >= 15 is 0 Å². The number of carbonyl (C=O) groups excluding carboxylic acids is 1. The van der Waals surface area contributed by atoms with E-state index in [1.807, 2.05) is 19.9 Å². The van der Waals surface area contributed by atoms with Crippen LogP contribution in [0, 0.1) is 5.92 Å². The van der Waals surface area contributed by atoms with Gasteiger partial charge in [-0.1, -0.05) is 34.9 Å². The molecule has 7 nitrogen and oxygen atoms in total. The van der Waals surface area contributed by atoms with Gasteiger partial charge in [0.2, 0.25) is 5.89 Å². The van der Waals surface area contributed by atoms with E-state index in [4.69, 9.17) is 4.52 Å². The van der Waals surface area contributed by atoms with Crippen molar-refractivity contribution in [2.45, 2.75) is 38.6 Å². The number of aromatic amines is 1. The summed E-state index contributed by atoms with van der Waals surface area (Å²) in [5, 5.41) is 7.46. The summed E-state index contributed by atoms with van der Waals surface area (Å²) in [4.78, 5) is 32.6. The highest BCUT2D eigenvalue weighted by Gasteiger charge is 2.31. The number of fused-ring (bicyclic) bond motifs is 1. The van der Waals surface area contributed by atoms with Crippen molar-refractivity contribution < 1.29 is 9.32 Å². The first kappa shape index (κ1) is 17.9. The first-order valence-electron chi connectivity index (χ1n) is 8.89. The second kappa shape index (κ2) is 6.92. The molecular weight excluding hydrogens is 412 g/mol. The predicted octanol–water partition coefficient (Wildman–Crippen LogP) is 3.68. The van der Waals surface area contributed by atoms with Crippen LogP contribution in [-0.4, -0.2) is 21.0 Å². The number of H-pyrrole nitrogens is 1. The summed E-state index contributed by atoms with van der Waals surface area (Å²) in [7, 11) is 0. The summed E-state index contributed by atoms with van der Waals surface area (Å²) in [6.45, 7) is 3.93. The monoisotopic (exact) mass is 430 g/mol. The standard InChI is InChI=1S/C19H19BrN4O3/c1-9(2)16(19-23-17(24-27-19)10-3-4-10)22-18(26)14-8-15(25)12-7-11(20)5-6-13(12)21-14/h5-10,16H,3-4H2,1-2H3,(H,21,25)(H,22,26)/t16-/m0/s1. The van der Waals surface area contributed by atoms with Crippen molar-refractivity contribution in [2.75, 3.05) is 0 Å². The molecule has 1 aliphatic rings. The van der Waals surface area contributed by atoms with E-state index in [9.17, 15) is 9.59 Å². The van der Waals surface area contributed by atoms with Gasteiger partial charge in [-0.15, -0.1) is 0 Å². The van der Waals surface area contributed by atoms with Gasteiger partial charge in [0.1, 0.15) is 11.7 Å². The summed E-state index contributed by atoms with van der Waals surface area (Å²) < 4.78 is 6.19. The van der Waals surface area contributed by atoms with Crippen LogP contribution in [0.3, 0.4) is 0 Å². The molecule has 4 rings (SSSR count). The van der Waals surface area contributed by atoms with Crippen LogP contribution in [0.4, 0.5) is 0 Å². The van der Waals surface area contributed by atoms with Crippen molar-refractivity contribution in [3.63, 3.8) is 0 Å². The molecule has 1 atom stereocenters. The number of amides is 1. The highest BCUT2D eigenvalue weighted by molar-refractivity contribution is 9.10. The van der Waals surface area contributed by atoms with Crippen LogP contribution in [0.1, 0.15) is 60.9 Å². The van der Waals surface area contributed by atoms with Gasteiger partial charge in [0.25, 0.3) is 5.91 Å². The van der Waals surface area contributed by atoms with Crippen LogP contribution >= 0.6 is 15.9 Å². The lowest BCUT2D eigenvalue weighted by Crippen LogP contribution is -2.33. The summed E-state index contributed by atoms with van der Waals surface area (Å²) in [6, 6.07) is 6.18. The maximum Gasteiger partial charge on any atom is 0.268 e. The van der Waals surface area contributed by atoms with Gasteiger partial charge >= 0.3 is 0 Å². The summed E-state index contributed by atoms with van der Waals surface area (Å²) in [5.74, 6) is 1.13. The van der Waals surface area contributed by atoms with Crippen molar-refractivity contribution in [1.29, 1.82) is 0 Å². The fourth-order valence-electron chi connectivity index (χ4n) is 2.96. The van der Waals surface area contributed by atoms with Crippen LogP contribution in [0.5, 0.6) is 0 Å². The van der Waals surface area contributed by atoms with Crippen LogP contribution in [0.15, 0.2) is 38.1 Å². The van der Waals surface area contributed by atoms with E-state index in [-0.39, 0.29) is 22.9 Å². The van der Waals surface area contributed by atoms with Gasteiger partial charge in [0.05, 0.1) is 0 Å². The maximum absolute atomic E-state index is 12.8. The van der Waals surface area contributed by atoms with Crippen molar-refractivity contribution in [1.82, 2.24) is 20.4 Å². The minimum Gasteiger partial charge on any atom is -0.350 e. The molecule has 1 saturated carbocycles. The quantitative estimate of drug-likeness (QED) is 0.642. The fraction of sp³-hybridized carbons (Fsp3) is 0.368. The van der Waals surface area contributed by atoms with Crippen LogP contribution in [-0.2, 0) is 0 Å². The Morgan fingerprint density at radius 1 is 1.33 bits per heavy atom. The lowest BCUT2D eigenvalue weighted by molar-refractivity contribution is 0.0909. The molecule has 8 heteroatoms. The zero-order valence-corrected chi connectivity index (χ0v) is 16.5.